The predicted octanol–water partition coefficient (Wildman–Crippen LogP) is 2.96. The van der Waals surface area contributed by atoms with Crippen LogP contribution in [-0.4, -0.2) is 27.2 Å². The third kappa shape index (κ3) is 4.65. The fourth-order valence-corrected chi connectivity index (χ4v) is 2.46. The van der Waals surface area contributed by atoms with Gasteiger partial charge in [-0.25, -0.2) is 0 Å². The van der Waals surface area contributed by atoms with Crippen molar-refractivity contribution in [2.75, 3.05) is 21.3 Å². The standard InChI is InChI=1S/C19H23NO4/c1-22-16-8-4-6-14(12-16)10-11-18(21)20-13-15-7-5-9-17(23-2)19(15)24-3/h4-9,12H,10-11,13H2,1-3H3,(H,20,21). The Morgan fingerprint density at radius 3 is 2.50 bits per heavy atom. The highest BCUT2D eigenvalue weighted by molar-refractivity contribution is 5.76. The number of benzene rings is 2. The lowest BCUT2D eigenvalue weighted by molar-refractivity contribution is -0.121. The summed E-state index contributed by atoms with van der Waals surface area (Å²) in [5.41, 5.74) is 1.95. The van der Waals surface area contributed by atoms with E-state index in [4.69, 9.17) is 14.2 Å². The van der Waals surface area contributed by atoms with Crippen molar-refractivity contribution in [3.63, 3.8) is 0 Å². The predicted molar refractivity (Wildman–Crippen MR) is 92.7 cm³/mol. The van der Waals surface area contributed by atoms with Crippen molar-refractivity contribution in [2.45, 2.75) is 19.4 Å². The van der Waals surface area contributed by atoms with E-state index in [0.29, 0.717) is 30.9 Å². The summed E-state index contributed by atoms with van der Waals surface area (Å²) < 4.78 is 15.8. The van der Waals surface area contributed by atoms with Crippen molar-refractivity contribution >= 4 is 5.91 Å². The van der Waals surface area contributed by atoms with Crippen LogP contribution in [-0.2, 0) is 17.8 Å². The topological polar surface area (TPSA) is 56.8 Å². The number of amides is 1. The quantitative estimate of drug-likeness (QED) is 0.809. The average molecular weight is 329 g/mol. The van der Waals surface area contributed by atoms with Crippen LogP contribution in [0.4, 0.5) is 0 Å². The number of hydrogen-bond acceptors (Lipinski definition) is 4. The van der Waals surface area contributed by atoms with Crippen molar-refractivity contribution in [1.82, 2.24) is 5.32 Å². The van der Waals surface area contributed by atoms with Gasteiger partial charge in [0.05, 0.1) is 21.3 Å². The number of para-hydroxylation sites is 1. The Balaban J connectivity index is 1.89. The number of carbonyl (C=O) groups is 1. The van der Waals surface area contributed by atoms with E-state index in [1.165, 1.54) is 0 Å². The van der Waals surface area contributed by atoms with Crippen LogP contribution in [0.3, 0.4) is 0 Å². The Labute approximate surface area is 142 Å². The second-order valence-corrected chi connectivity index (χ2v) is 5.28. The normalized spacial score (nSPS) is 10.1. The van der Waals surface area contributed by atoms with Crippen LogP contribution >= 0.6 is 0 Å². The van der Waals surface area contributed by atoms with E-state index in [1.54, 1.807) is 21.3 Å². The molecular formula is C19H23NO4. The molecule has 0 saturated carbocycles. The van der Waals surface area contributed by atoms with Gasteiger partial charge in [-0.15, -0.1) is 0 Å². The summed E-state index contributed by atoms with van der Waals surface area (Å²) in [6.45, 7) is 0.400. The number of aryl methyl sites for hydroxylation is 1. The van der Waals surface area contributed by atoms with E-state index in [2.05, 4.69) is 5.32 Å². The van der Waals surface area contributed by atoms with Crippen LogP contribution in [0.2, 0.25) is 0 Å². The fourth-order valence-electron chi connectivity index (χ4n) is 2.46. The molecule has 1 N–H and O–H groups in total. The maximum absolute atomic E-state index is 12.1. The molecular weight excluding hydrogens is 306 g/mol. The summed E-state index contributed by atoms with van der Waals surface area (Å²) in [7, 11) is 4.81. The van der Waals surface area contributed by atoms with Crippen molar-refractivity contribution in [2.24, 2.45) is 0 Å². The third-order valence-electron chi connectivity index (χ3n) is 3.74. The molecule has 1 amide bonds. The molecule has 24 heavy (non-hydrogen) atoms. The van der Waals surface area contributed by atoms with Crippen molar-refractivity contribution in [3.05, 3.63) is 53.6 Å². The number of hydrogen-bond donors (Lipinski definition) is 1. The Kier molecular flexibility index (Phi) is 6.49. The summed E-state index contributed by atoms with van der Waals surface area (Å²) in [5, 5.41) is 2.92. The smallest absolute Gasteiger partial charge is 0.220 e. The van der Waals surface area contributed by atoms with Gasteiger partial charge in [0.25, 0.3) is 0 Å². The number of methoxy groups -OCH3 is 3. The summed E-state index contributed by atoms with van der Waals surface area (Å²) >= 11 is 0. The Bertz CT molecular complexity index is 685. The molecule has 0 aliphatic rings. The Hall–Kier alpha value is -2.69. The maximum atomic E-state index is 12.1. The van der Waals surface area contributed by atoms with Crippen molar-refractivity contribution in [1.29, 1.82) is 0 Å². The van der Waals surface area contributed by atoms with Gasteiger partial charge < -0.3 is 19.5 Å². The molecule has 0 bridgehead atoms. The van der Waals surface area contributed by atoms with Gasteiger partial charge in [0.2, 0.25) is 5.91 Å². The van der Waals surface area contributed by atoms with Gasteiger partial charge in [-0.1, -0.05) is 24.3 Å². The Morgan fingerprint density at radius 1 is 1.00 bits per heavy atom. The highest BCUT2D eigenvalue weighted by Gasteiger charge is 2.10. The highest BCUT2D eigenvalue weighted by atomic mass is 16.5. The van der Waals surface area contributed by atoms with Crippen LogP contribution in [0.5, 0.6) is 17.2 Å². The van der Waals surface area contributed by atoms with Crippen LogP contribution in [0.25, 0.3) is 0 Å². The highest BCUT2D eigenvalue weighted by Crippen LogP contribution is 2.30. The molecule has 128 valence electrons. The van der Waals surface area contributed by atoms with E-state index in [0.717, 1.165) is 16.9 Å². The van der Waals surface area contributed by atoms with Gasteiger partial charge >= 0.3 is 0 Å². The fraction of sp³-hybridized carbons (Fsp3) is 0.316. The zero-order valence-corrected chi connectivity index (χ0v) is 14.3. The third-order valence-corrected chi connectivity index (χ3v) is 3.74. The molecule has 2 aromatic carbocycles. The summed E-state index contributed by atoms with van der Waals surface area (Å²) in [6.07, 6.45) is 1.08. The number of nitrogens with one attached hydrogen (secondary N) is 1. The molecule has 2 rings (SSSR count). The molecule has 0 aliphatic heterocycles. The number of ether oxygens (including phenoxy) is 3. The van der Waals surface area contributed by atoms with E-state index < -0.39 is 0 Å². The summed E-state index contributed by atoms with van der Waals surface area (Å²) in [4.78, 5) is 12.1. The van der Waals surface area contributed by atoms with E-state index in [9.17, 15) is 4.79 Å². The van der Waals surface area contributed by atoms with Crippen LogP contribution in [0, 0.1) is 0 Å². The monoisotopic (exact) mass is 329 g/mol. The minimum absolute atomic E-state index is 0.0114. The molecule has 0 saturated heterocycles. The molecule has 0 unspecified atom stereocenters. The largest absolute Gasteiger partial charge is 0.497 e. The van der Waals surface area contributed by atoms with Gasteiger partial charge in [-0.2, -0.15) is 0 Å². The maximum Gasteiger partial charge on any atom is 0.220 e. The molecule has 5 nitrogen and oxygen atoms in total. The molecule has 0 aliphatic carbocycles. The van der Waals surface area contributed by atoms with E-state index in [1.807, 2.05) is 42.5 Å². The Morgan fingerprint density at radius 2 is 1.79 bits per heavy atom. The lowest BCUT2D eigenvalue weighted by Gasteiger charge is -2.13. The van der Waals surface area contributed by atoms with Gasteiger partial charge in [-0.05, 0) is 30.2 Å². The van der Waals surface area contributed by atoms with Crippen LogP contribution in [0.15, 0.2) is 42.5 Å². The molecule has 0 heterocycles. The number of carbonyl (C=O) groups excluding carboxylic acids is 1. The summed E-state index contributed by atoms with van der Waals surface area (Å²) in [6, 6.07) is 13.3. The molecule has 0 atom stereocenters. The average Bonchev–Trinajstić information content (AvgIpc) is 2.64. The minimum Gasteiger partial charge on any atom is -0.497 e. The first-order valence-electron chi connectivity index (χ1n) is 7.77. The molecule has 0 fully saturated rings. The van der Waals surface area contributed by atoms with Crippen molar-refractivity contribution in [3.8, 4) is 17.2 Å². The first kappa shape index (κ1) is 17.7. The van der Waals surface area contributed by atoms with Gasteiger partial charge in [-0.3, -0.25) is 4.79 Å². The zero-order valence-electron chi connectivity index (χ0n) is 14.3. The second kappa shape index (κ2) is 8.82. The molecule has 5 heteroatoms. The van der Waals surface area contributed by atoms with Gasteiger partial charge in [0.1, 0.15) is 5.75 Å². The van der Waals surface area contributed by atoms with Gasteiger partial charge in [0.15, 0.2) is 11.5 Å². The van der Waals surface area contributed by atoms with E-state index in [-0.39, 0.29) is 5.91 Å². The first-order valence-corrected chi connectivity index (χ1v) is 7.77. The lowest BCUT2D eigenvalue weighted by atomic mass is 10.1. The van der Waals surface area contributed by atoms with Crippen LogP contribution in [0.1, 0.15) is 17.5 Å². The zero-order chi connectivity index (χ0) is 17.4. The first-order chi connectivity index (χ1) is 11.7. The molecule has 0 spiro atoms. The summed E-state index contributed by atoms with van der Waals surface area (Å²) in [5.74, 6) is 2.09. The molecule has 0 aromatic heterocycles. The number of rotatable bonds is 8. The van der Waals surface area contributed by atoms with Crippen LogP contribution < -0.4 is 19.5 Å². The minimum atomic E-state index is -0.0114. The van der Waals surface area contributed by atoms with Gasteiger partial charge in [0, 0.05) is 18.5 Å². The lowest BCUT2D eigenvalue weighted by Crippen LogP contribution is -2.23. The second-order valence-electron chi connectivity index (χ2n) is 5.28. The molecule has 2 aromatic rings. The van der Waals surface area contributed by atoms with E-state index >= 15 is 0 Å². The SMILES string of the molecule is COc1cccc(CCC(=O)NCc2cccc(OC)c2OC)c1. The van der Waals surface area contributed by atoms with Crippen molar-refractivity contribution < 1.29 is 19.0 Å². The molecule has 0 radical (unpaired) electrons.